The summed E-state index contributed by atoms with van der Waals surface area (Å²) in [6.45, 7) is 5.64. The number of nitrogens with zero attached hydrogens (tertiary/aromatic N) is 1. The molecule has 1 heterocycles. The number of rotatable bonds is 8. The van der Waals surface area contributed by atoms with Gasteiger partial charge in [-0.1, -0.05) is 54.6 Å². The molecular formula is C25H27NO. The number of benzene rings is 2. The Kier molecular flexibility index (Phi) is 6.56. The van der Waals surface area contributed by atoms with Crippen molar-refractivity contribution < 1.29 is 5.11 Å². The normalized spacial score (nSPS) is 12.5. The van der Waals surface area contributed by atoms with E-state index in [9.17, 15) is 5.11 Å². The molecule has 0 aliphatic rings. The second kappa shape index (κ2) is 9.29. The van der Waals surface area contributed by atoms with Crippen molar-refractivity contribution in [2.24, 2.45) is 0 Å². The van der Waals surface area contributed by atoms with E-state index in [4.69, 9.17) is 4.98 Å². The molecule has 1 unspecified atom stereocenters. The Morgan fingerprint density at radius 3 is 2.63 bits per heavy atom. The Labute approximate surface area is 161 Å². The third kappa shape index (κ3) is 5.38. The lowest BCUT2D eigenvalue weighted by Gasteiger charge is -2.05. The highest BCUT2D eigenvalue weighted by Crippen LogP contribution is 2.23. The summed E-state index contributed by atoms with van der Waals surface area (Å²) in [6, 6.07) is 19.1. The Morgan fingerprint density at radius 2 is 1.89 bits per heavy atom. The van der Waals surface area contributed by atoms with Crippen molar-refractivity contribution in [3.63, 3.8) is 0 Å². The van der Waals surface area contributed by atoms with Gasteiger partial charge in [-0.25, -0.2) is 4.98 Å². The second-order valence-corrected chi connectivity index (χ2v) is 7.02. The van der Waals surface area contributed by atoms with Crippen molar-refractivity contribution in [3.8, 4) is 11.3 Å². The van der Waals surface area contributed by atoms with Crippen molar-refractivity contribution in [2.75, 3.05) is 0 Å². The summed E-state index contributed by atoms with van der Waals surface area (Å²) in [4.78, 5) is 4.81. The molecule has 2 nitrogen and oxygen atoms in total. The lowest BCUT2D eigenvalue weighted by atomic mass is 10.0. The van der Waals surface area contributed by atoms with Crippen LogP contribution in [0.4, 0.5) is 0 Å². The number of hydrogen-bond donors (Lipinski definition) is 1. The van der Waals surface area contributed by atoms with Gasteiger partial charge in [0.1, 0.15) is 0 Å². The number of aliphatic hydroxyl groups is 1. The predicted molar refractivity (Wildman–Crippen MR) is 116 cm³/mol. The molecule has 0 spiro atoms. The van der Waals surface area contributed by atoms with Crippen LogP contribution in [0, 0.1) is 0 Å². The lowest BCUT2D eigenvalue weighted by Crippen LogP contribution is -1.97. The first kappa shape index (κ1) is 19.1. The average molecular weight is 357 g/mol. The maximum absolute atomic E-state index is 9.28. The van der Waals surface area contributed by atoms with Gasteiger partial charge in [0.05, 0.1) is 17.3 Å². The molecule has 0 bridgehead atoms. The number of allylic oxidation sites excluding steroid dienone is 2. The van der Waals surface area contributed by atoms with Gasteiger partial charge in [0.15, 0.2) is 0 Å². The third-order valence-electron chi connectivity index (χ3n) is 4.64. The molecule has 0 fully saturated rings. The van der Waals surface area contributed by atoms with Crippen LogP contribution in [-0.2, 0) is 6.42 Å². The standard InChI is InChI=1S/C25H27NO/c1-3-7-21-12-16-25-23(18-21)15-17-24(26-25)22-13-10-20(11-14-22)9-6-4-5-8-19(2)27/h3,6,9-19,27H,1,4-5,7-8H2,2H3/b9-6+. The molecule has 2 aromatic carbocycles. The first-order valence-electron chi connectivity index (χ1n) is 9.61. The quantitative estimate of drug-likeness (QED) is 0.385. The zero-order valence-electron chi connectivity index (χ0n) is 15.9. The summed E-state index contributed by atoms with van der Waals surface area (Å²) in [5, 5.41) is 10.4. The van der Waals surface area contributed by atoms with Crippen molar-refractivity contribution in [2.45, 2.75) is 38.7 Å². The van der Waals surface area contributed by atoms with Gasteiger partial charge in [0.25, 0.3) is 0 Å². The van der Waals surface area contributed by atoms with Gasteiger partial charge < -0.3 is 5.11 Å². The number of fused-ring (bicyclic) bond motifs is 1. The van der Waals surface area contributed by atoms with E-state index < -0.39 is 0 Å². The van der Waals surface area contributed by atoms with Crippen LogP contribution in [0.3, 0.4) is 0 Å². The molecule has 1 aromatic heterocycles. The fourth-order valence-corrected chi connectivity index (χ4v) is 3.14. The Balaban J connectivity index is 1.70. The molecule has 1 atom stereocenters. The van der Waals surface area contributed by atoms with E-state index in [-0.39, 0.29) is 6.10 Å². The molecule has 0 saturated heterocycles. The van der Waals surface area contributed by atoms with Crippen molar-refractivity contribution in [1.82, 2.24) is 4.98 Å². The highest BCUT2D eigenvalue weighted by molar-refractivity contribution is 5.82. The molecular weight excluding hydrogens is 330 g/mol. The Hall–Kier alpha value is -2.71. The SMILES string of the molecule is C=CCc1ccc2nc(-c3ccc(/C=C/CCCC(C)O)cc3)ccc2c1. The van der Waals surface area contributed by atoms with E-state index in [0.29, 0.717) is 0 Å². The van der Waals surface area contributed by atoms with Crippen LogP contribution in [0.5, 0.6) is 0 Å². The molecule has 0 saturated carbocycles. The molecule has 0 amide bonds. The molecule has 27 heavy (non-hydrogen) atoms. The minimum atomic E-state index is -0.208. The first-order chi connectivity index (χ1) is 13.2. The minimum absolute atomic E-state index is 0.208. The summed E-state index contributed by atoms with van der Waals surface area (Å²) in [5.41, 5.74) is 5.58. The highest BCUT2D eigenvalue weighted by Gasteiger charge is 2.03. The predicted octanol–water partition coefficient (Wildman–Crippen LogP) is 6.19. The van der Waals surface area contributed by atoms with E-state index in [1.807, 2.05) is 13.0 Å². The minimum Gasteiger partial charge on any atom is -0.393 e. The Bertz CT molecular complexity index is 923. The van der Waals surface area contributed by atoms with Gasteiger partial charge >= 0.3 is 0 Å². The summed E-state index contributed by atoms with van der Waals surface area (Å²) in [5.74, 6) is 0. The van der Waals surface area contributed by atoms with Crippen LogP contribution < -0.4 is 0 Å². The van der Waals surface area contributed by atoms with Crippen molar-refractivity contribution in [3.05, 3.63) is 84.5 Å². The zero-order valence-corrected chi connectivity index (χ0v) is 15.9. The number of pyridine rings is 1. The van der Waals surface area contributed by atoms with Crippen LogP contribution in [-0.4, -0.2) is 16.2 Å². The van der Waals surface area contributed by atoms with Gasteiger partial charge in [-0.3, -0.25) is 0 Å². The molecule has 3 aromatic rings. The lowest BCUT2D eigenvalue weighted by molar-refractivity contribution is 0.182. The summed E-state index contributed by atoms with van der Waals surface area (Å²) in [6.07, 6.45) is 9.77. The average Bonchev–Trinajstić information content (AvgIpc) is 2.68. The van der Waals surface area contributed by atoms with Gasteiger partial charge in [0, 0.05) is 10.9 Å². The topological polar surface area (TPSA) is 33.1 Å². The van der Waals surface area contributed by atoms with Crippen LogP contribution >= 0.6 is 0 Å². The number of aromatic nitrogens is 1. The third-order valence-corrected chi connectivity index (χ3v) is 4.64. The van der Waals surface area contributed by atoms with E-state index in [1.54, 1.807) is 0 Å². The number of unbranched alkanes of at least 4 members (excludes halogenated alkanes) is 1. The molecule has 0 aliphatic carbocycles. The molecule has 138 valence electrons. The van der Waals surface area contributed by atoms with Gasteiger partial charge in [-0.15, -0.1) is 6.58 Å². The molecule has 0 radical (unpaired) electrons. The molecule has 3 rings (SSSR count). The van der Waals surface area contributed by atoms with Crippen LogP contribution in [0.25, 0.3) is 28.2 Å². The molecule has 2 heteroatoms. The molecule has 0 aliphatic heterocycles. The smallest absolute Gasteiger partial charge is 0.0709 e. The van der Waals surface area contributed by atoms with E-state index in [2.05, 4.69) is 73.3 Å². The summed E-state index contributed by atoms with van der Waals surface area (Å²) in [7, 11) is 0. The summed E-state index contributed by atoms with van der Waals surface area (Å²) < 4.78 is 0. The highest BCUT2D eigenvalue weighted by atomic mass is 16.3. The Morgan fingerprint density at radius 1 is 1.07 bits per heavy atom. The zero-order chi connectivity index (χ0) is 19.1. The monoisotopic (exact) mass is 357 g/mol. The maximum atomic E-state index is 9.28. The van der Waals surface area contributed by atoms with Gasteiger partial charge in [-0.2, -0.15) is 0 Å². The number of aliphatic hydroxyl groups excluding tert-OH is 1. The fourth-order valence-electron chi connectivity index (χ4n) is 3.14. The van der Waals surface area contributed by atoms with E-state index >= 15 is 0 Å². The largest absolute Gasteiger partial charge is 0.393 e. The van der Waals surface area contributed by atoms with Gasteiger partial charge in [-0.05, 0) is 61.9 Å². The van der Waals surface area contributed by atoms with Crippen molar-refractivity contribution >= 4 is 17.0 Å². The number of hydrogen-bond acceptors (Lipinski definition) is 2. The van der Waals surface area contributed by atoms with E-state index in [0.717, 1.165) is 47.8 Å². The van der Waals surface area contributed by atoms with Crippen molar-refractivity contribution in [1.29, 1.82) is 0 Å². The van der Waals surface area contributed by atoms with Crippen LogP contribution in [0.15, 0.2) is 73.3 Å². The second-order valence-electron chi connectivity index (χ2n) is 7.02. The molecule has 1 N–H and O–H groups in total. The summed E-state index contributed by atoms with van der Waals surface area (Å²) >= 11 is 0. The first-order valence-corrected chi connectivity index (χ1v) is 9.61. The van der Waals surface area contributed by atoms with Crippen LogP contribution in [0.2, 0.25) is 0 Å². The fraction of sp³-hybridized carbons (Fsp3) is 0.240. The van der Waals surface area contributed by atoms with Gasteiger partial charge in [0.2, 0.25) is 0 Å². The maximum Gasteiger partial charge on any atom is 0.0709 e. The van der Waals surface area contributed by atoms with Crippen LogP contribution in [0.1, 0.15) is 37.3 Å². The van der Waals surface area contributed by atoms with E-state index in [1.165, 1.54) is 11.1 Å².